The van der Waals surface area contributed by atoms with Crippen LogP contribution in [0.15, 0.2) is 24.5 Å². The van der Waals surface area contributed by atoms with Gasteiger partial charge in [-0.25, -0.2) is 5.01 Å². The molecule has 9 nitrogen and oxygen atoms in total. The van der Waals surface area contributed by atoms with Crippen molar-refractivity contribution in [3.63, 3.8) is 0 Å². The van der Waals surface area contributed by atoms with E-state index in [1.54, 1.807) is 17.4 Å². The van der Waals surface area contributed by atoms with E-state index in [1.165, 1.54) is 11.9 Å². The molecule has 3 heterocycles. The summed E-state index contributed by atoms with van der Waals surface area (Å²) in [5.41, 5.74) is 1.12. The molecule has 29 heavy (non-hydrogen) atoms. The number of piperazine rings is 1. The Balaban J connectivity index is 0.00000300. The molecule has 1 aromatic heterocycles. The summed E-state index contributed by atoms with van der Waals surface area (Å²) < 4.78 is 0. The molecule has 0 aliphatic carbocycles. The Bertz CT molecular complexity index is 704. The van der Waals surface area contributed by atoms with Gasteiger partial charge in [-0.1, -0.05) is 0 Å². The molecule has 0 radical (unpaired) electrons. The molecule has 2 fully saturated rings. The number of hydrogen-bond donors (Lipinski definition) is 1. The van der Waals surface area contributed by atoms with Crippen molar-refractivity contribution in [2.75, 3.05) is 50.7 Å². The minimum absolute atomic E-state index is 0. The molecule has 0 unspecified atom stereocenters. The Morgan fingerprint density at radius 3 is 2.17 bits per heavy atom. The zero-order chi connectivity index (χ0) is 20.1. The van der Waals surface area contributed by atoms with Crippen molar-refractivity contribution in [1.29, 1.82) is 0 Å². The van der Waals surface area contributed by atoms with Gasteiger partial charge in [-0.05, 0) is 25.0 Å². The molecule has 160 valence electrons. The summed E-state index contributed by atoms with van der Waals surface area (Å²) in [6.07, 6.45) is 4.81. The van der Waals surface area contributed by atoms with Crippen LogP contribution >= 0.6 is 12.4 Å². The normalized spacial score (nSPS) is 18.1. The highest BCUT2D eigenvalue weighted by atomic mass is 35.5. The van der Waals surface area contributed by atoms with Gasteiger partial charge < -0.3 is 14.9 Å². The molecule has 3 rings (SSSR count). The lowest BCUT2D eigenvalue weighted by Gasteiger charge is -2.41. The summed E-state index contributed by atoms with van der Waals surface area (Å²) in [5, 5.41) is 12.0. The molecule has 2 aliphatic rings. The fourth-order valence-electron chi connectivity index (χ4n) is 3.89. The Hall–Kier alpha value is -2.39. The number of anilines is 1. The number of nitrogens with zero attached hydrogens (tertiary/aromatic N) is 5. The number of carbonyl (C=O) groups is 3. The van der Waals surface area contributed by atoms with E-state index in [2.05, 4.69) is 9.88 Å². The van der Waals surface area contributed by atoms with Crippen molar-refractivity contribution in [1.82, 2.24) is 19.9 Å². The van der Waals surface area contributed by atoms with Gasteiger partial charge in [0.15, 0.2) is 0 Å². The summed E-state index contributed by atoms with van der Waals surface area (Å²) in [5.74, 6) is -1.23. The summed E-state index contributed by atoms with van der Waals surface area (Å²) in [7, 11) is 0. The van der Waals surface area contributed by atoms with Gasteiger partial charge in [-0.2, -0.15) is 0 Å². The second-order valence-corrected chi connectivity index (χ2v) is 7.22. The lowest BCUT2D eigenvalue weighted by Crippen LogP contribution is -2.54. The van der Waals surface area contributed by atoms with Gasteiger partial charge >= 0.3 is 5.97 Å². The number of aromatic nitrogens is 1. The van der Waals surface area contributed by atoms with Crippen LogP contribution < -0.4 is 4.90 Å². The van der Waals surface area contributed by atoms with Crippen molar-refractivity contribution in [3.05, 3.63) is 24.5 Å². The van der Waals surface area contributed by atoms with Crippen molar-refractivity contribution in [2.45, 2.75) is 19.8 Å². The summed E-state index contributed by atoms with van der Waals surface area (Å²) >= 11 is 0. The quantitative estimate of drug-likeness (QED) is 0.742. The number of rotatable bonds is 5. The van der Waals surface area contributed by atoms with Gasteiger partial charge in [-0.3, -0.25) is 24.4 Å². The molecule has 2 aliphatic heterocycles. The molecule has 0 bridgehead atoms. The number of carboxylic acid groups (broad SMARTS) is 1. The van der Waals surface area contributed by atoms with Crippen LogP contribution in [0.1, 0.15) is 19.8 Å². The van der Waals surface area contributed by atoms with Crippen LogP contribution in [0.4, 0.5) is 5.69 Å². The highest BCUT2D eigenvalue weighted by molar-refractivity contribution is 5.85. The van der Waals surface area contributed by atoms with Gasteiger partial charge in [0, 0.05) is 70.2 Å². The minimum Gasteiger partial charge on any atom is -0.480 e. The number of carboxylic acids is 1. The molecule has 1 N–H and O–H groups in total. The predicted octanol–water partition coefficient (Wildman–Crippen LogP) is 0.712. The standard InChI is InChI=1S/C19H27N5O4.ClH/c1-15(25)24(14-18(26)27)23-8-4-16(5-9-23)19(28)22-12-10-21(11-13-22)17-2-6-20-7-3-17;/h2-3,6-7,16H,4-5,8-14H2,1H3,(H,26,27);1H. The third-order valence-corrected chi connectivity index (χ3v) is 5.43. The van der Waals surface area contributed by atoms with Gasteiger partial charge in [0.2, 0.25) is 11.8 Å². The third kappa shape index (κ3) is 5.80. The number of aliphatic carboxylic acids is 1. The van der Waals surface area contributed by atoms with E-state index in [1.807, 2.05) is 17.0 Å². The molecule has 1 aromatic rings. The van der Waals surface area contributed by atoms with Gasteiger partial charge in [0.1, 0.15) is 6.54 Å². The molecule has 2 saturated heterocycles. The maximum atomic E-state index is 12.9. The highest BCUT2D eigenvalue weighted by Gasteiger charge is 2.33. The molecule has 0 atom stereocenters. The van der Waals surface area contributed by atoms with E-state index in [9.17, 15) is 14.4 Å². The first-order valence-corrected chi connectivity index (χ1v) is 9.64. The van der Waals surface area contributed by atoms with Crippen molar-refractivity contribution in [2.24, 2.45) is 5.92 Å². The van der Waals surface area contributed by atoms with Crippen LogP contribution in [0.5, 0.6) is 0 Å². The molecule has 10 heteroatoms. The summed E-state index contributed by atoms with van der Waals surface area (Å²) in [4.78, 5) is 43.8. The van der Waals surface area contributed by atoms with Gasteiger partial charge in [0.05, 0.1) is 0 Å². The lowest BCUT2D eigenvalue weighted by molar-refractivity contribution is -0.161. The molecule has 0 spiro atoms. The predicted molar refractivity (Wildman–Crippen MR) is 110 cm³/mol. The average Bonchev–Trinajstić information content (AvgIpc) is 2.72. The molecule has 0 aromatic carbocycles. The van der Waals surface area contributed by atoms with E-state index in [0.29, 0.717) is 39.0 Å². The number of piperidine rings is 1. The Morgan fingerprint density at radius 2 is 1.66 bits per heavy atom. The van der Waals surface area contributed by atoms with E-state index in [0.717, 1.165) is 18.8 Å². The Morgan fingerprint density at radius 1 is 1.07 bits per heavy atom. The fourth-order valence-corrected chi connectivity index (χ4v) is 3.89. The Kier molecular flexibility index (Phi) is 8.21. The largest absolute Gasteiger partial charge is 0.480 e. The number of amides is 2. The highest BCUT2D eigenvalue weighted by Crippen LogP contribution is 2.23. The fraction of sp³-hybridized carbons (Fsp3) is 0.579. The first-order chi connectivity index (χ1) is 13.5. The summed E-state index contributed by atoms with van der Waals surface area (Å²) in [6, 6.07) is 3.95. The molecule has 2 amide bonds. The SMILES string of the molecule is CC(=O)N(CC(=O)O)N1CCC(C(=O)N2CCN(c3ccncc3)CC2)CC1.Cl. The maximum Gasteiger partial charge on any atom is 0.324 e. The Labute approximate surface area is 176 Å². The zero-order valence-electron chi connectivity index (χ0n) is 16.6. The monoisotopic (exact) mass is 425 g/mol. The zero-order valence-corrected chi connectivity index (χ0v) is 17.4. The molecular formula is C19H28ClN5O4. The molecular weight excluding hydrogens is 398 g/mol. The lowest BCUT2D eigenvalue weighted by atomic mass is 9.95. The van der Waals surface area contributed by atoms with Gasteiger partial charge in [-0.15, -0.1) is 12.4 Å². The van der Waals surface area contributed by atoms with Crippen LogP contribution in [0.25, 0.3) is 0 Å². The van der Waals surface area contributed by atoms with E-state index < -0.39 is 5.97 Å². The van der Waals surface area contributed by atoms with Crippen LogP contribution in [0.3, 0.4) is 0 Å². The first-order valence-electron chi connectivity index (χ1n) is 9.64. The van der Waals surface area contributed by atoms with E-state index in [4.69, 9.17) is 5.11 Å². The number of pyridine rings is 1. The molecule has 0 saturated carbocycles. The van der Waals surface area contributed by atoms with Crippen molar-refractivity contribution < 1.29 is 19.5 Å². The van der Waals surface area contributed by atoms with Gasteiger partial charge in [0.25, 0.3) is 0 Å². The van der Waals surface area contributed by atoms with Crippen LogP contribution in [-0.2, 0) is 14.4 Å². The topological polar surface area (TPSA) is 97.3 Å². The number of hydrazine groups is 1. The van der Waals surface area contributed by atoms with Crippen molar-refractivity contribution in [3.8, 4) is 0 Å². The average molecular weight is 426 g/mol. The van der Waals surface area contributed by atoms with Crippen LogP contribution in [-0.4, -0.2) is 88.6 Å². The second-order valence-electron chi connectivity index (χ2n) is 7.22. The van der Waals surface area contributed by atoms with E-state index in [-0.39, 0.29) is 36.7 Å². The number of halogens is 1. The van der Waals surface area contributed by atoms with Crippen molar-refractivity contribution >= 4 is 35.9 Å². The second kappa shape index (κ2) is 10.4. The minimum atomic E-state index is -1.04. The smallest absolute Gasteiger partial charge is 0.324 e. The summed E-state index contributed by atoms with van der Waals surface area (Å²) in [6.45, 7) is 5.03. The maximum absolute atomic E-state index is 12.9. The van der Waals surface area contributed by atoms with E-state index >= 15 is 0 Å². The number of hydrogen-bond acceptors (Lipinski definition) is 6. The third-order valence-electron chi connectivity index (χ3n) is 5.43. The first kappa shape index (κ1) is 22.9. The van der Waals surface area contributed by atoms with Crippen LogP contribution in [0.2, 0.25) is 0 Å². The number of carbonyl (C=O) groups excluding carboxylic acids is 2. The van der Waals surface area contributed by atoms with Crippen LogP contribution in [0, 0.1) is 5.92 Å².